The van der Waals surface area contributed by atoms with Gasteiger partial charge in [0.05, 0.1) is 6.07 Å². The van der Waals surface area contributed by atoms with Gasteiger partial charge < -0.3 is 4.74 Å². The van der Waals surface area contributed by atoms with Gasteiger partial charge in [-0.3, -0.25) is 4.79 Å². The van der Waals surface area contributed by atoms with Crippen LogP contribution in [0.1, 0.15) is 18.4 Å². The minimum atomic E-state index is -0.575. The quantitative estimate of drug-likeness (QED) is 0.753. The largest absolute Gasteiger partial charge is 0.464 e. The Labute approximate surface area is 140 Å². The highest BCUT2D eigenvalue weighted by Crippen LogP contribution is 2.27. The maximum atomic E-state index is 10.6. The highest BCUT2D eigenvalue weighted by molar-refractivity contribution is 6.35. The van der Waals surface area contributed by atoms with E-state index >= 15 is 0 Å². The molecule has 0 radical (unpaired) electrons. The monoisotopic (exact) mass is 335 g/mol. The lowest BCUT2D eigenvalue weighted by molar-refractivity contribution is -0.141. The Kier molecular flexibility index (Phi) is 8.06. The molecule has 0 amide bonds. The number of ether oxygens (including phenoxy) is 1. The number of halogens is 2. The summed E-state index contributed by atoms with van der Waals surface area (Å²) in [4.78, 5) is 10.6. The number of carbonyl (C=O) groups excluding carboxylic acids is 1. The van der Waals surface area contributed by atoms with E-state index in [1.807, 2.05) is 42.5 Å². The normalized spacial score (nSPS) is 10.6. The van der Waals surface area contributed by atoms with Crippen LogP contribution >= 0.6 is 23.2 Å². The summed E-state index contributed by atoms with van der Waals surface area (Å²) in [6, 6.07) is 18.9. The second-order valence-electron chi connectivity index (χ2n) is 4.30. The average molecular weight is 336 g/mol. The van der Waals surface area contributed by atoms with Crippen LogP contribution in [0.4, 0.5) is 0 Å². The van der Waals surface area contributed by atoms with Gasteiger partial charge in [-0.25, -0.2) is 0 Å². The number of carbonyl (C=O) groups is 1. The molecule has 0 saturated heterocycles. The van der Waals surface area contributed by atoms with E-state index in [2.05, 4.69) is 0 Å². The maximum Gasteiger partial charge on any atom is 0.302 e. The first-order valence-corrected chi connectivity index (χ1v) is 7.28. The molecule has 1 atom stereocenters. The fraction of sp³-hybridized carbons (Fsp3) is 0.176. The maximum absolute atomic E-state index is 10.6. The lowest BCUT2D eigenvalue weighted by atomic mass is 10.0. The molecular weight excluding hydrogens is 321 g/mol. The Balaban J connectivity index is 0.000000335. The molecule has 0 spiro atoms. The van der Waals surface area contributed by atoms with Crippen molar-refractivity contribution in [1.29, 1.82) is 5.26 Å². The Morgan fingerprint density at radius 1 is 1.18 bits per heavy atom. The second-order valence-corrected chi connectivity index (χ2v) is 5.15. The predicted octanol–water partition coefficient (Wildman–Crippen LogP) is 4.85. The lowest BCUT2D eigenvalue weighted by Gasteiger charge is -2.11. The van der Waals surface area contributed by atoms with Crippen LogP contribution in [0.5, 0.6) is 0 Å². The number of benzene rings is 2. The highest BCUT2D eigenvalue weighted by Gasteiger charge is 2.15. The van der Waals surface area contributed by atoms with Crippen LogP contribution in [0.3, 0.4) is 0 Å². The number of rotatable bonds is 3. The molecule has 0 aliphatic heterocycles. The molecule has 2 aromatic carbocycles. The van der Waals surface area contributed by atoms with Crippen LogP contribution in [0.15, 0.2) is 54.6 Å². The van der Waals surface area contributed by atoms with Gasteiger partial charge >= 0.3 is 5.97 Å². The van der Waals surface area contributed by atoms with E-state index in [-0.39, 0.29) is 6.61 Å². The van der Waals surface area contributed by atoms with Crippen molar-refractivity contribution in [3.63, 3.8) is 0 Å². The van der Waals surface area contributed by atoms with Gasteiger partial charge in [0.25, 0.3) is 0 Å². The number of nitriles is 1. The third-order valence-electron chi connectivity index (χ3n) is 2.61. The molecule has 0 aliphatic carbocycles. The van der Waals surface area contributed by atoms with Crippen LogP contribution in [0, 0.1) is 11.3 Å². The van der Waals surface area contributed by atoms with Gasteiger partial charge in [0.2, 0.25) is 0 Å². The highest BCUT2D eigenvalue weighted by atomic mass is 35.5. The first kappa shape index (κ1) is 18.0. The zero-order valence-corrected chi connectivity index (χ0v) is 13.5. The smallest absolute Gasteiger partial charge is 0.302 e. The fourth-order valence-corrected chi connectivity index (χ4v) is 2.11. The number of hydrogen-bond donors (Lipinski definition) is 0. The van der Waals surface area contributed by atoms with Crippen molar-refractivity contribution in [3.8, 4) is 6.07 Å². The summed E-state index contributed by atoms with van der Waals surface area (Å²) in [5.41, 5.74) is 0.606. The molecule has 3 nitrogen and oxygen atoms in total. The van der Waals surface area contributed by atoms with Crippen molar-refractivity contribution in [2.75, 3.05) is 6.61 Å². The topological polar surface area (TPSA) is 50.1 Å². The molecule has 1 unspecified atom stereocenters. The van der Waals surface area contributed by atoms with Crippen molar-refractivity contribution in [2.45, 2.75) is 12.8 Å². The van der Waals surface area contributed by atoms with E-state index in [9.17, 15) is 4.79 Å². The number of hydrogen-bond acceptors (Lipinski definition) is 3. The summed E-state index contributed by atoms with van der Waals surface area (Å²) >= 11 is 11.7. The van der Waals surface area contributed by atoms with Crippen molar-refractivity contribution in [3.05, 3.63) is 70.2 Å². The predicted molar refractivity (Wildman–Crippen MR) is 87.9 cm³/mol. The van der Waals surface area contributed by atoms with Crippen molar-refractivity contribution in [1.82, 2.24) is 0 Å². The Hall–Kier alpha value is -2.02. The molecule has 0 saturated carbocycles. The van der Waals surface area contributed by atoms with E-state index in [1.165, 1.54) is 6.92 Å². The molecule has 0 bridgehead atoms. The molecule has 5 heteroatoms. The Morgan fingerprint density at radius 3 is 2.14 bits per heavy atom. The number of nitrogens with zero attached hydrogens (tertiary/aromatic N) is 1. The third-order valence-corrected chi connectivity index (χ3v) is 3.18. The standard InChI is InChI=1S/C11H9Cl2NO2.C6H6/c1-7(15)16-6-8(5-14)10-3-2-9(12)4-11(10)13;1-2-4-6-5-3-1/h2-4,8H,6H2,1H3;1-6H. The minimum Gasteiger partial charge on any atom is -0.464 e. The number of esters is 1. The SMILES string of the molecule is CC(=O)OCC(C#N)c1ccc(Cl)cc1Cl.c1ccccc1. The van der Waals surface area contributed by atoms with E-state index in [4.69, 9.17) is 33.2 Å². The summed E-state index contributed by atoms with van der Waals surface area (Å²) in [6.07, 6.45) is 0. The Bertz CT molecular complexity index is 612. The third kappa shape index (κ3) is 6.62. The molecular formula is C17H15Cl2NO2. The summed E-state index contributed by atoms with van der Waals surface area (Å²) in [5.74, 6) is -1.00. The average Bonchev–Trinajstić information content (AvgIpc) is 2.51. The first-order chi connectivity index (χ1) is 10.5. The van der Waals surface area contributed by atoms with Gasteiger partial charge in [-0.15, -0.1) is 0 Å². The van der Waals surface area contributed by atoms with Crippen LogP contribution < -0.4 is 0 Å². The van der Waals surface area contributed by atoms with Gasteiger partial charge in [-0.1, -0.05) is 65.7 Å². The van der Waals surface area contributed by atoms with Gasteiger partial charge in [-0.2, -0.15) is 5.26 Å². The molecule has 0 aromatic heterocycles. The molecule has 0 aliphatic rings. The van der Waals surface area contributed by atoms with E-state index in [0.717, 1.165) is 0 Å². The molecule has 0 fully saturated rings. The first-order valence-electron chi connectivity index (χ1n) is 6.52. The van der Waals surface area contributed by atoms with Gasteiger partial charge in [0.15, 0.2) is 0 Å². The minimum absolute atomic E-state index is 0.00676. The Morgan fingerprint density at radius 2 is 1.73 bits per heavy atom. The van der Waals surface area contributed by atoms with Crippen LogP contribution in [-0.2, 0) is 9.53 Å². The molecule has 0 heterocycles. The van der Waals surface area contributed by atoms with Gasteiger partial charge in [0, 0.05) is 17.0 Å². The summed E-state index contributed by atoms with van der Waals surface area (Å²) in [6.45, 7) is 1.28. The summed E-state index contributed by atoms with van der Waals surface area (Å²) in [7, 11) is 0. The fourth-order valence-electron chi connectivity index (χ4n) is 1.57. The molecule has 22 heavy (non-hydrogen) atoms. The van der Waals surface area contributed by atoms with Crippen molar-refractivity contribution < 1.29 is 9.53 Å². The lowest BCUT2D eigenvalue weighted by Crippen LogP contribution is -2.09. The van der Waals surface area contributed by atoms with Crippen LogP contribution in [-0.4, -0.2) is 12.6 Å². The molecule has 114 valence electrons. The van der Waals surface area contributed by atoms with Crippen LogP contribution in [0.2, 0.25) is 10.0 Å². The van der Waals surface area contributed by atoms with Crippen molar-refractivity contribution in [2.24, 2.45) is 0 Å². The zero-order valence-electron chi connectivity index (χ0n) is 12.0. The molecule has 2 aromatic rings. The van der Waals surface area contributed by atoms with Gasteiger partial charge in [-0.05, 0) is 17.7 Å². The zero-order chi connectivity index (χ0) is 16.4. The van der Waals surface area contributed by atoms with Crippen molar-refractivity contribution >= 4 is 29.2 Å². The summed E-state index contributed by atoms with van der Waals surface area (Å²) < 4.78 is 4.78. The summed E-state index contributed by atoms with van der Waals surface area (Å²) in [5, 5.41) is 9.85. The van der Waals surface area contributed by atoms with E-state index < -0.39 is 11.9 Å². The van der Waals surface area contributed by atoms with E-state index in [1.54, 1.807) is 18.2 Å². The van der Waals surface area contributed by atoms with Crippen LogP contribution in [0.25, 0.3) is 0 Å². The second kappa shape index (κ2) is 9.83. The van der Waals surface area contributed by atoms with Gasteiger partial charge in [0.1, 0.15) is 12.5 Å². The van der Waals surface area contributed by atoms with E-state index in [0.29, 0.717) is 15.6 Å². The molecule has 0 N–H and O–H groups in total. The molecule has 2 rings (SSSR count).